The summed E-state index contributed by atoms with van der Waals surface area (Å²) in [7, 11) is 0. The molecule has 3 aromatic heterocycles. The van der Waals surface area contributed by atoms with Crippen LogP contribution in [0.5, 0.6) is 0 Å². The van der Waals surface area contributed by atoms with Gasteiger partial charge in [0.2, 0.25) is 0 Å². The lowest BCUT2D eigenvalue weighted by molar-refractivity contribution is 0.102. The first-order chi connectivity index (χ1) is 10.6. The van der Waals surface area contributed by atoms with Crippen molar-refractivity contribution in [3.8, 4) is 0 Å². The molecule has 1 unspecified atom stereocenters. The number of nitrogens with zero attached hydrogens (tertiary/aromatic N) is 2. The molecule has 1 aliphatic rings. The van der Waals surface area contributed by atoms with Gasteiger partial charge in [-0.25, -0.2) is 4.68 Å². The van der Waals surface area contributed by atoms with Crippen molar-refractivity contribution in [3.63, 3.8) is 0 Å². The quantitative estimate of drug-likeness (QED) is 0.765. The Labute approximate surface area is 132 Å². The molecule has 1 amide bonds. The topological polar surface area (TPSA) is 62.7 Å². The normalized spacial score (nSPS) is 16.1. The van der Waals surface area contributed by atoms with E-state index in [1.807, 2.05) is 35.3 Å². The number of H-pyrrole nitrogens is 1. The molecule has 22 heavy (non-hydrogen) atoms. The van der Waals surface area contributed by atoms with E-state index in [-0.39, 0.29) is 5.91 Å². The van der Waals surface area contributed by atoms with Crippen LogP contribution in [0.4, 0.5) is 5.82 Å². The second kappa shape index (κ2) is 4.98. The fourth-order valence-electron chi connectivity index (χ4n) is 2.84. The zero-order chi connectivity index (χ0) is 15.3. The van der Waals surface area contributed by atoms with Crippen LogP contribution < -0.4 is 5.32 Å². The van der Waals surface area contributed by atoms with Gasteiger partial charge in [-0.2, -0.15) is 5.10 Å². The van der Waals surface area contributed by atoms with Gasteiger partial charge < -0.3 is 10.3 Å². The van der Waals surface area contributed by atoms with Crippen LogP contribution in [0, 0.1) is 12.8 Å². The second-order valence-electron chi connectivity index (χ2n) is 6.03. The molecular weight excluding hydrogens is 296 g/mol. The Morgan fingerprint density at radius 2 is 2.36 bits per heavy atom. The lowest BCUT2D eigenvalue weighted by Gasteiger charge is -2.15. The van der Waals surface area contributed by atoms with Crippen molar-refractivity contribution in [2.45, 2.75) is 32.7 Å². The number of anilines is 1. The Kier molecular flexibility index (Phi) is 3.07. The number of hydrogen-bond donors (Lipinski definition) is 2. The van der Waals surface area contributed by atoms with E-state index in [1.54, 1.807) is 11.3 Å². The van der Waals surface area contributed by atoms with Gasteiger partial charge in [0.05, 0.1) is 22.5 Å². The summed E-state index contributed by atoms with van der Waals surface area (Å²) < 4.78 is 3.05. The number of amides is 1. The third-order valence-electron chi connectivity index (χ3n) is 4.38. The van der Waals surface area contributed by atoms with Crippen LogP contribution >= 0.6 is 11.3 Å². The highest BCUT2D eigenvalue weighted by molar-refractivity contribution is 7.17. The maximum Gasteiger partial charge on any atom is 0.273 e. The fraction of sp³-hybridized carbons (Fsp3) is 0.375. The van der Waals surface area contributed by atoms with E-state index in [2.05, 4.69) is 22.3 Å². The number of aryl methyl sites for hydroxylation is 1. The SMILES string of the molecule is Cc1cnn(C(C)C2CC2)c1NC(=O)c1cc2sccc2[nH]1. The lowest BCUT2D eigenvalue weighted by Crippen LogP contribution is -2.19. The molecule has 0 radical (unpaired) electrons. The van der Waals surface area contributed by atoms with E-state index in [9.17, 15) is 4.79 Å². The van der Waals surface area contributed by atoms with Gasteiger partial charge in [0.25, 0.3) is 5.91 Å². The summed E-state index contributed by atoms with van der Waals surface area (Å²) in [6.45, 7) is 4.15. The van der Waals surface area contributed by atoms with Crippen LogP contribution in [0.25, 0.3) is 10.2 Å². The van der Waals surface area contributed by atoms with E-state index in [0.29, 0.717) is 17.7 Å². The molecule has 0 saturated heterocycles. The predicted molar refractivity (Wildman–Crippen MR) is 88.5 cm³/mol. The lowest BCUT2D eigenvalue weighted by atomic mass is 10.2. The summed E-state index contributed by atoms with van der Waals surface area (Å²) in [6.07, 6.45) is 4.32. The molecule has 3 heterocycles. The van der Waals surface area contributed by atoms with Gasteiger partial charge in [-0.05, 0) is 50.1 Å². The molecule has 1 fully saturated rings. The van der Waals surface area contributed by atoms with E-state index in [0.717, 1.165) is 21.6 Å². The fourth-order valence-corrected chi connectivity index (χ4v) is 3.62. The molecule has 0 bridgehead atoms. The van der Waals surface area contributed by atoms with Crippen molar-refractivity contribution in [1.82, 2.24) is 14.8 Å². The van der Waals surface area contributed by atoms with Gasteiger partial charge in [0, 0.05) is 5.56 Å². The Balaban J connectivity index is 1.61. The van der Waals surface area contributed by atoms with Crippen molar-refractivity contribution in [1.29, 1.82) is 0 Å². The van der Waals surface area contributed by atoms with Crippen molar-refractivity contribution in [2.75, 3.05) is 5.32 Å². The number of rotatable bonds is 4. The van der Waals surface area contributed by atoms with Crippen LogP contribution in [0.2, 0.25) is 0 Å². The monoisotopic (exact) mass is 314 g/mol. The Hall–Kier alpha value is -2.08. The van der Waals surface area contributed by atoms with E-state index < -0.39 is 0 Å². The van der Waals surface area contributed by atoms with Crippen LogP contribution in [0.1, 0.15) is 41.9 Å². The predicted octanol–water partition coefficient (Wildman–Crippen LogP) is 3.96. The van der Waals surface area contributed by atoms with Crippen molar-refractivity contribution >= 4 is 33.3 Å². The summed E-state index contributed by atoms with van der Waals surface area (Å²) in [6, 6.07) is 4.22. The Morgan fingerprint density at radius 3 is 3.09 bits per heavy atom. The summed E-state index contributed by atoms with van der Waals surface area (Å²) >= 11 is 1.63. The Morgan fingerprint density at radius 1 is 1.55 bits per heavy atom. The smallest absolute Gasteiger partial charge is 0.273 e. The number of aromatic amines is 1. The zero-order valence-electron chi connectivity index (χ0n) is 12.6. The molecule has 0 spiro atoms. The molecule has 1 saturated carbocycles. The first kappa shape index (κ1) is 13.6. The molecule has 6 heteroatoms. The van der Waals surface area contributed by atoms with Crippen molar-refractivity contribution in [3.05, 3.63) is 35.0 Å². The third-order valence-corrected chi connectivity index (χ3v) is 5.25. The van der Waals surface area contributed by atoms with Gasteiger partial charge in [-0.3, -0.25) is 4.79 Å². The maximum absolute atomic E-state index is 12.5. The highest BCUT2D eigenvalue weighted by Gasteiger charge is 2.31. The van der Waals surface area contributed by atoms with Gasteiger partial charge in [0.15, 0.2) is 0 Å². The molecule has 1 atom stereocenters. The van der Waals surface area contributed by atoms with Crippen LogP contribution in [0.3, 0.4) is 0 Å². The summed E-state index contributed by atoms with van der Waals surface area (Å²) in [5.41, 5.74) is 2.59. The summed E-state index contributed by atoms with van der Waals surface area (Å²) in [4.78, 5) is 15.7. The van der Waals surface area contributed by atoms with Crippen LogP contribution in [-0.4, -0.2) is 20.7 Å². The minimum atomic E-state index is -0.115. The minimum Gasteiger partial charge on any atom is -0.350 e. The van der Waals surface area contributed by atoms with Crippen molar-refractivity contribution < 1.29 is 4.79 Å². The van der Waals surface area contributed by atoms with Crippen molar-refractivity contribution in [2.24, 2.45) is 5.92 Å². The number of nitrogens with one attached hydrogen (secondary N) is 2. The number of carbonyl (C=O) groups is 1. The number of fused-ring (bicyclic) bond motifs is 1. The number of thiophene rings is 1. The standard InChI is InChI=1S/C16H18N4OS/c1-9-8-17-20(10(2)11-3-4-11)15(9)19-16(21)13-7-14-12(18-13)5-6-22-14/h5-8,10-11,18H,3-4H2,1-2H3,(H,19,21). The molecular formula is C16H18N4OS. The summed E-state index contributed by atoms with van der Waals surface area (Å²) in [5, 5.41) is 9.49. The molecule has 114 valence electrons. The summed E-state index contributed by atoms with van der Waals surface area (Å²) in [5.74, 6) is 1.38. The highest BCUT2D eigenvalue weighted by Crippen LogP contribution is 2.40. The van der Waals surface area contributed by atoms with E-state index in [4.69, 9.17) is 0 Å². The van der Waals surface area contributed by atoms with Gasteiger partial charge in [0.1, 0.15) is 11.5 Å². The van der Waals surface area contributed by atoms with Gasteiger partial charge in [-0.1, -0.05) is 0 Å². The number of hydrogen-bond acceptors (Lipinski definition) is 3. The third kappa shape index (κ3) is 2.23. The molecule has 1 aliphatic carbocycles. The maximum atomic E-state index is 12.5. The first-order valence-electron chi connectivity index (χ1n) is 7.55. The van der Waals surface area contributed by atoms with Gasteiger partial charge >= 0.3 is 0 Å². The molecule has 5 nitrogen and oxygen atoms in total. The zero-order valence-corrected chi connectivity index (χ0v) is 13.4. The average molecular weight is 314 g/mol. The number of aromatic nitrogens is 3. The molecule has 3 aromatic rings. The van der Waals surface area contributed by atoms with E-state index in [1.165, 1.54) is 12.8 Å². The highest BCUT2D eigenvalue weighted by atomic mass is 32.1. The second-order valence-corrected chi connectivity index (χ2v) is 6.98. The largest absolute Gasteiger partial charge is 0.350 e. The minimum absolute atomic E-state index is 0.115. The molecule has 2 N–H and O–H groups in total. The Bertz CT molecular complexity index is 811. The van der Waals surface area contributed by atoms with Crippen LogP contribution in [0.15, 0.2) is 23.7 Å². The van der Waals surface area contributed by atoms with Crippen LogP contribution in [-0.2, 0) is 0 Å². The molecule has 0 aromatic carbocycles. The van der Waals surface area contributed by atoms with Gasteiger partial charge in [-0.15, -0.1) is 11.3 Å². The number of carbonyl (C=O) groups excluding carboxylic acids is 1. The molecule has 0 aliphatic heterocycles. The molecule has 4 rings (SSSR count). The van der Waals surface area contributed by atoms with E-state index >= 15 is 0 Å². The first-order valence-corrected chi connectivity index (χ1v) is 8.43. The average Bonchev–Trinajstić information content (AvgIpc) is 2.96.